The summed E-state index contributed by atoms with van der Waals surface area (Å²) >= 11 is 5.80. The molecular formula is C18H17ClN6O3. The highest BCUT2D eigenvalue weighted by Crippen LogP contribution is 2.15. The third kappa shape index (κ3) is 5.27. The zero-order valence-corrected chi connectivity index (χ0v) is 15.7. The molecule has 0 spiro atoms. The molecular weight excluding hydrogens is 384 g/mol. The molecule has 0 aliphatic rings. The first-order chi connectivity index (χ1) is 13.5. The molecule has 0 saturated heterocycles. The maximum atomic E-state index is 12.2. The van der Waals surface area contributed by atoms with Gasteiger partial charge in [0.05, 0.1) is 12.2 Å². The number of ether oxygens (including phenoxy) is 1. The highest BCUT2D eigenvalue weighted by molar-refractivity contribution is 6.30. The van der Waals surface area contributed by atoms with Gasteiger partial charge in [-0.3, -0.25) is 9.59 Å². The van der Waals surface area contributed by atoms with E-state index in [2.05, 4.69) is 20.8 Å². The number of nitrogens with one attached hydrogen (secondary N) is 1. The molecule has 0 saturated carbocycles. The molecule has 0 bridgehead atoms. The van der Waals surface area contributed by atoms with Gasteiger partial charge in [0.25, 0.3) is 5.91 Å². The third-order valence-electron chi connectivity index (χ3n) is 3.75. The zero-order chi connectivity index (χ0) is 19.9. The predicted molar refractivity (Wildman–Crippen MR) is 102 cm³/mol. The number of carbonyl (C=O) groups is 2. The van der Waals surface area contributed by atoms with E-state index in [9.17, 15) is 9.59 Å². The van der Waals surface area contributed by atoms with Crippen LogP contribution < -0.4 is 10.1 Å². The van der Waals surface area contributed by atoms with Gasteiger partial charge in [0.1, 0.15) is 12.1 Å². The summed E-state index contributed by atoms with van der Waals surface area (Å²) in [6.07, 6.45) is 1.48. The molecule has 0 fully saturated rings. The van der Waals surface area contributed by atoms with Crippen LogP contribution in [0.15, 0.2) is 54.9 Å². The molecule has 0 radical (unpaired) electrons. The minimum absolute atomic E-state index is 0.0942. The van der Waals surface area contributed by atoms with Crippen molar-refractivity contribution in [1.29, 1.82) is 0 Å². The number of hydrogen-bond donors (Lipinski definition) is 1. The lowest BCUT2D eigenvalue weighted by Crippen LogP contribution is -2.37. The second-order valence-corrected chi connectivity index (χ2v) is 6.28. The van der Waals surface area contributed by atoms with E-state index in [4.69, 9.17) is 16.3 Å². The van der Waals surface area contributed by atoms with Gasteiger partial charge in [-0.05, 0) is 59.0 Å². The summed E-state index contributed by atoms with van der Waals surface area (Å²) in [7, 11) is 1.54. The van der Waals surface area contributed by atoms with E-state index in [-0.39, 0.29) is 25.0 Å². The van der Waals surface area contributed by atoms with Gasteiger partial charge < -0.3 is 15.0 Å². The molecule has 9 nitrogen and oxygen atoms in total. The second-order valence-electron chi connectivity index (χ2n) is 5.84. The highest BCUT2D eigenvalue weighted by Gasteiger charge is 2.14. The number of rotatable bonds is 7. The average Bonchev–Trinajstić information content (AvgIpc) is 3.23. The molecule has 0 unspecified atom stereocenters. The molecule has 0 aliphatic heterocycles. The molecule has 28 heavy (non-hydrogen) atoms. The van der Waals surface area contributed by atoms with Crippen LogP contribution in [0.5, 0.6) is 5.75 Å². The molecule has 2 aromatic carbocycles. The third-order valence-corrected chi connectivity index (χ3v) is 4.00. The van der Waals surface area contributed by atoms with Crippen LogP contribution in [-0.2, 0) is 9.59 Å². The maximum absolute atomic E-state index is 12.2. The number of carbonyl (C=O) groups excluding carboxylic acids is 2. The minimum Gasteiger partial charge on any atom is -0.484 e. The van der Waals surface area contributed by atoms with Crippen LogP contribution >= 0.6 is 11.6 Å². The van der Waals surface area contributed by atoms with Gasteiger partial charge in [-0.1, -0.05) is 11.6 Å². The number of benzene rings is 2. The van der Waals surface area contributed by atoms with Crippen LogP contribution in [0.25, 0.3) is 5.69 Å². The number of nitrogens with zero attached hydrogens (tertiary/aromatic N) is 5. The number of aromatic nitrogens is 4. The van der Waals surface area contributed by atoms with E-state index in [1.54, 1.807) is 48.5 Å². The fraction of sp³-hybridized carbons (Fsp3) is 0.167. The topological polar surface area (TPSA) is 102 Å². The van der Waals surface area contributed by atoms with Crippen LogP contribution in [-0.4, -0.2) is 57.1 Å². The second kappa shape index (κ2) is 8.96. The van der Waals surface area contributed by atoms with Crippen LogP contribution in [0.4, 0.5) is 5.69 Å². The average molecular weight is 401 g/mol. The molecule has 0 aliphatic carbocycles. The van der Waals surface area contributed by atoms with Crippen molar-refractivity contribution < 1.29 is 14.3 Å². The van der Waals surface area contributed by atoms with Gasteiger partial charge >= 0.3 is 0 Å². The van der Waals surface area contributed by atoms with Crippen molar-refractivity contribution in [2.75, 3.05) is 25.5 Å². The fourth-order valence-electron chi connectivity index (χ4n) is 2.27. The van der Waals surface area contributed by atoms with E-state index in [0.717, 1.165) is 5.69 Å². The van der Waals surface area contributed by atoms with Crippen molar-refractivity contribution in [2.45, 2.75) is 0 Å². The van der Waals surface area contributed by atoms with Crippen LogP contribution in [0.3, 0.4) is 0 Å². The van der Waals surface area contributed by atoms with Gasteiger partial charge in [-0.15, -0.1) is 5.10 Å². The summed E-state index contributed by atoms with van der Waals surface area (Å²) in [5.74, 6) is -0.121. The van der Waals surface area contributed by atoms with Crippen molar-refractivity contribution in [3.05, 3.63) is 59.9 Å². The van der Waals surface area contributed by atoms with E-state index >= 15 is 0 Å². The Morgan fingerprint density at radius 3 is 2.50 bits per heavy atom. The number of anilines is 1. The van der Waals surface area contributed by atoms with Crippen LogP contribution in [0.1, 0.15) is 0 Å². The van der Waals surface area contributed by atoms with Gasteiger partial charge in [0, 0.05) is 17.8 Å². The van der Waals surface area contributed by atoms with E-state index in [1.807, 2.05) is 0 Å². The summed E-state index contributed by atoms with van der Waals surface area (Å²) in [4.78, 5) is 25.5. The summed E-state index contributed by atoms with van der Waals surface area (Å²) in [5.41, 5.74) is 1.37. The Morgan fingerprint density at radius 1 is 1.14 bits per heavy atom. The Morgan fingerprint density at radius 2 is 1.86 bits per heavy atom. The van der Waals surface area contributed by atoms with Crippen molar-refractivity contribution in [3.8, 4) is 11.4 Å². The standard InChI is InChI=1S/C18H17ClN6O3/c1-24(10-17(26)21-14-4-2-13(19)3-5-14)18(27)11-28-16-8-6-15(7-9-16)25-12-20-22-23-25/h2-9,12H,10-11H2,1H3,(H,21,26). The van der Waals surface area contributed by atoms with Crippen LogP contribution in [0.2, 0.25) is 5.02 Å². The number of amides is 2. The number of halogens is 1. The SMILES string of the molecule is CN(CC(=O)Nc1ccc(Cl)cc1)C(=O)COc1ccc(-n2cnnn2)cc1. The van der Waals surface area contributed by atoms with Crippen molar-refractivity contribution in [3.63, 3.8) is 0 Å². The maximum Gasteiger partial charge on any atom is 0.260 e. The number of tetrazole rings is 1. The molecule has 2 amide bonds. The fourth-order valence-corrected chi connectivity index (χ4v) is 2.39. The molecule has 1 heterocycles. The lowest BCUT2D eigenvalue weighted by Gasteiger charge is -2.17. The molecule has 3 aromatic rings. The first-order valence-electron chi connectivity index (χ1n) is 8.27. The molecule has 144 valence electrons. The number of likely N-dealkylation sites (N-methyl/N-ethyl adjacent to an activating group) is 1. The zero-order valence-electron chi connectivity index (χ0n) is 14.9. The van der Waals surface area contributed by atoms with Crippen molar-refractivity contribution in [1.82, 2.24) is 25.1 Å². The Kier molecular flexibility index (Phi) is 6.18. The first kappa shape index (κ1) is 19.3. The van der Waals surface area contributed by atoms with E-state index in [1.165, 1.54) is 23.0 Å². The lowest BCUT2D eigenvalue weighted by molar-refractivity contribution is -0.135. The van der Waals surface area contributed by atoms with Gasteiger partial charge in [0.15, 0.2) is 6.61 Å². The monoisotopic (exact) mass is 400 g/mol. The number of hydrogen-bond acceptors (Lipinski definition) is 6. The molecule has 1 aromatic heterocycles. The molecule has 1 N–H and O–H groups in total. The Hall–Kier alpha value is -3.46. The molecule has 3 rings (SSSR count). The molecule has 10 heteroatoms. The van der Waals surface area contributed by atoms with Gasteiger partial charge in [-0.2, -0.15) is 0 Å². The smallest absolute Gasteiger partial charge is 0.260 e. The normalized spacial score (nSPS) is 10.4. The van der Waals surface area contributed by atoms with E-state index < -0.39 is 0 Å². The summed E-state index contributed by atoms with van der Waals surface area (Å²) in [6.45, 7) is -0.280. The van der Waals surface area contributed by atoms with Crippen LogP contribution in [0, 0.1) is 0 Å². The Balaban J connectivity index is 1.46. The van der Waals surface area contributed by atoms with E-state index in [0.29, 0.717) is 16.5 Å². The summed E-state index contributed by atoms with van der Waals surface area (Å²) in [6, 6.07) is 13.7. The summed E-state index contributed by atoms with van der Waals surface area (Å²) < 4.78 is 6.98. The predicted octanol–water partition coefficient (Wildman–Crippen LogP) is 1.79. The van der Waals surface area contributed by atoms with Gasteiger partial charge in [-0.25, -0.2) is 4.68 Å². The largest absolute Gasteiger partial charge is 0.484 e. The highest BCUT2D eigenvalue weighted by atomic mass is 35.5. The van der Waals surface area contributed by atoms with Crippen molar-refractivity contribution in [2.24, 2.45) is 0 Å². The van der Waals surface area contributed by atoms with Gasteiger partial charge in [0.2, 0.25) is 5.91 Å². The summed E-state index contributed by atoms with van der Waals surface area (Å²) in [5, 5.41) is 14.2. The molecule has 0 atom stereocenters. The minimum atomic E-state index is -0.323. The quantitative estimate of drug-likeness (QED) is 0.648. The lowest BCUT2D eigenvalue weighted by atomic mass is 10.3. The van der Waals surface area contributed by atoms with Crippen molar-refractivity contribution >= 4 is 29.1 Å². The first-order valence-corrected chi connectivity index (χ1v) is 8.64. The Bertz CT molecular complexity index is 929. The Labute approximate surface area is 165 Å².